The number of nitrogens with zero attached hydrogens (tertiary/aromatic N) is 3. The fraction of sp³-hybridized carbons (Fsp3) is 0.385. The highest BCUT2D eigenvalue weighted by atomic mass is 15.1. The van der Waals surface area contributed by atoms with Crippen LogP contribution in [-0.4, -0.2) is 14.5 Å². The average Bonchev–Trinajstić information content (AvgIpc) is 2.83. The molecular weight excluding hydrogens is 198 g/mol. The first-order valence-corrected chi connectivity index (χ1v) is 5.58. The summed E-state index contributed by atoms with van der Waals surface area (Å²) in [5.41, 5.74) is 1.47. The Bertz CT molecular complexity index is 441. The van der Waals surface area contributed by atoms with Crippen LogP contribution in [-0.2, 0) is 5.41 Å². The van der Waals surface area contributed by atoms with Gasteiger partial charge in [0.2, 0.25) is 0 Å². The molecule has 0 aliphatic heterocycles. The van der Waals surface area contributed by atoms with Crippen LogP contribution < -0.4 is 0 Å². The minimum absolute atomic E-state index is 0.195. The summed E-state index contributed by atoms with van der Waals surface area (Å²) in [7, 11) is 0. The molecule has 0 unspecified atom stereocenters. The number of imidazole rings is 1. The molecular formula is C13H17N3. The van der Waals surface area contributed by atoms with Crippen LogP contribution in [0.15, 0.2) is 37.1 Å². The topological polar surface area (TPSA) is 30.7 Å². The van der Waals surface area contributed by atoms with Gasteiger partial charge in [0.15, 0.2) is 0 Å². The molecule has 0 amide bonds. The van der Waals surface area contributed by atoms with Gasteiger partial charge < -0.3 is 0 Å². The Labute approximate surface area is 96.2 Å². The summed E-state index contributed by atoms with van der Waals surface area (Å²) in [4.78, 5) is 8.47. The Morgan fingerprint density at radius 3 is 2.62 bits per heavy atom. The first-order chi connectivity index (χ1) is 7.63. The van der Waals surface area contributed by atoms with E-state index in [2.05, 4.69) is 36.8 Å². The van der Waals surface area contributed by atoms with E-state index >= 15 is 0 Å². The molecule has 0 radical (unpaired) electrons. The van der Waals surface area contributed by atoms with Crippen molar-refractivity contribution in [1.29, 1.82) is 0 Å². The van der Waals surface area contributed by atoms with Gasteiger partial charge in [-0.25, -0.2) is 9.97 Å². The highest BCUT2D eigenvalue weighted by Gasteiger charge is 2.18. The smallest absolute Gasteiger partial charge is 0.137 e. The number of aromatic nitrogens is 3. The van der Waals surface area contributed by atoms with Crippen molar-refractivity contribution < 1.29 is 0 Å². The molecule has 0 aromatic carbocycles. The normalized spacial score (nSPS) is 11.7. The van der Waals surface area contributed by atoms with Crippen molar-refractivity contribution in [3.05, 3.63) is 42.6 Å². The molecule has 2 heterocycles. The van der Waals surface area contributed by atoms with Crippen molar-refractivity contribution >= 4 is 0 Å². The van der Waals surface area contributed by atoms with Gasteiger partial charge in [0, 0.05) is 18.6 Å². The van der Waals surface area contributed by atoms with Gasteiger partial charge in [-0.2, -0.15) is 0 Å². The van der Waals surface area contributed by atoms with Gasteiger partial charge in [-0.15, -0.1) is 0 Å². The molecule has 2 aromatic heterocycles. The van der Waals surface area contributed by atoms with E-state index in [0.717, 1.165) is 12.2 Å². The summed E-state index contributed by atoms with van der Waals surface area (Å²) in [6.45, 7) is 6.67. The summed E-state index contributed by atoms with van der Waals surface area (Å²) >= 11 is 0. The first-order valence-electron chi connectivity index (χ1n) is 5.58. The minimum atomic E-state index is 0.195. The lowest BCUT2D eigenvalue weighted by atomic mass is 9.83. The molecule has 0 saturated carbocycles. The van der Waals surface area contributed by atoms with E-state index in [1.54, 1.807) is 12.5 Å². The van der Waals surface area contributed by atoms with Gasteiger partial charge >= 0.3 is 0 Å². The monoisotopic (exact) mass is 215 g/mol. The van der Waals surface area contributed by atoms with Crippen molar-refractivity contribution in [2.75, 3.05) is 0 Å². The largest absolute Gasteiger partial charge is 0.291 e. The lowest BCUT2D eigenvalue weighted by Gasteiger charge is -2.22. The second-order valence-corrected chi connectivity index (χ2v) is 4.61. The maximum atomic E-state index is 4.46. The number of hydrogen-bond donors (Lipinski definition) is 0. The zero-order chi connectivity index (χ0) is 11.6. The summed E-state index contributed by atoms with van der Waals surface area (Å²) in [5.74, 6) is 0.910. The molecule has 0 saturated heterocycles. The summed E-state index contributed by atoms with van der Waals surface area (Å²) in [6.07, 6.45) is 8.48. The van der Waals surface area contributed by atoms with Gasteiger partial charge in [-0.3, -0.25) is 4.57 Å². The third kappa shape index (κ3) is 1.98. The molecule has 0 atom stereocenters. The molecule has 0 spiro atoms. The Morgan fingerprint density at radius 1 is 1.31 bits per heavy atom. The molecule has 2 aromatic rings. The maximum absolute atomic E-state index is 4.46. The number of hydrogen-bond acceptors (Lipinski definition) is 2. The standard InChI is InChI=1S/C13H17N3/c1-4-13(2,3)11-5-6-12(15-9-11)16-8-7-14-10-16/h5-10H,4H2,1-3H3. The van der Waals surface area contributed by atoms with Gasteiger partial charge in [-0.05, 0) is 23.5 Å². The number of pyridine rings is 1. The zero-order valence-electron chi connectivity index (χ0n) is 10.0. The average molecular weight is 215 g/mol. The van der Waals surface area contributed by atoms with Gasteiger partial charge in [0.1, 0.15) is 12.1 Å². The number of rotatable bonds is 3. The summed E-state index contributed by atoms with van der Waals surface area (Å²) in [6, 6.07) is 4.18. The van der Waals surface area contributed by atoms with E-state index in [1.807, 2.05) is 23.0 Å². The fourth-order valence-corrected chi connectivity index (χ4v) is 1.54. The maximum Gasteiger partial charge on any atom is 0.137 e. The van der Waals surface area contributed by atoms with Gasteiger partial charge in [0.05, 0.1) is 0 Å². The van der Waals surface area contributed by atoms with Crippen molar-refractivity contribution in [2.24, 2.45) is 0 Å². The van der Waals surface area contributed by atoms with Crippen LogP contribution >= 0.6 is 0 Å². The molecule has 0 aliphatic rings. The lowest BCUT2D eigenvalue weighted by molar-refractivity contribution is 0.504. The van der Waals surface area contributed by atoms with Crippen LogP contribution in [0, 0.1) is 0 Å². The van der Waals surface area contributed by atoms with Crippen LogP contribution in [0.2, 0.25) is 0 Å². The van der Waals surface area contributed by atoms with E-state index in [0.29, 0.717) is 0 Å². The molecule has 0 fully saturated rings. The van der Waals surface area contributed by atoms with Crippen LogP contribution in [0.1, 0.15) is 32.8 Å². The second kappa shape index (κ2) is 4.08. The predicted molar refractivity (Wildman–Crippen MR) is 64.7 cm³/mol. The second-order valence-electron chi connectivity index (χ2n) is 4.61. The molecule has 0 aliphatic carbocycles. The first kappa shape index (κ1) is 10.9. The van der Waals surface area contributed by atoms with Crippen LogP contribution in [0.4, 0.5) is 0 Å². The molecule has 0 bridgehead atoms. The van der Waals surface area contributed by atoms with Crippen LogP contribution in [0.25, 0.3) is 5.82 Å². The van der Waals surface area contributed by atoms with Crippen molar-refractivity contribution in [2.45, 2.75) is 32.6 Å². The molecule has 0 N–H and O–H groups in total. The van der Waals surface area contributed by atoms with E-state index in [-0.39, 0.29) is 5.41 Å². The van der Waals surface area contributed by atoms with Gasteiger partial charge in [-0.1, -0.05) is 26.8 Å². The van der Waals surface area contributed by atoms with Gasteiger partial charge in [0.25, 0.3) is 0 Å². The van der Waals surface area contributed by atoms with E-state index in [1.165, 1.54) is 5.56 Å². The molecule has 3 heteroatoms. The Balaban J connectivity index is 2.30. The third-order valence-electron chi connectivity index (χ3n) is 3.18. The van der Waals surface area contributed by atoms with E-state index in [9.17, 15) is 0 Å². The van der Waals surface area contributed by atoms with Crippen molar-refractivity contribution in [3.8, 4) is 5.82 Å². The zero-order valence-corrected chi connectivity index (χ0v) is 10.0. The fourth-order valence-electron chi connectivity index (χ4n) is 1.54. The van der Waals surface area contributed by atoms with Crippen molar-refractivity contribution in [3.63, 3.8) is 0 Å². The van der Waals surface area contributed by atoms with Crippen LogP contribution in [0.5, 0.6) is 0 Å². The highest BCUT2D eigenvalue weighted by Crippen LogP contribution is 2.26. The Hall–Kier alpha value is -1.64. The highest BCUT2D eigenvalue weighted by molar-refractivity contribution is 5.29. The molecule has 16 heavy (non-hydrogen) atoms. The molecule has 2 rings (SSSR count). The summed E-state index contributed by atoms with van der Waals surface area (Å²) in [5, 5.41) is 0. The minimum Gasteiger partial charge on any atom is -0.291 e. The Morgan fingerprint density at radius 2 is 2.12 bits per heavy atom. The van der Waals surface area contributed by atoms with Crippen molar-refractivity contribution in [1.82, 2.24) is 14.5 Å². The van der Waals surface area contributed by atoms with E-state index in [4.69, 9.17) is 0 Å². The predicted octanol–water partition coefficient (Wildman–Crippen LogP) is 2.95. The molecule has 3 nitrogen and oxygen atoms in total. The van der Waals surface area contributed by atoms with E-state index < -0.39 is 0 Å². The quantitative estimate of drug-likeness (QED) is 0.788. The SMILES string of the molecule is CCC(C)(C)c1ccc(-n2ccnc2)nc1. The summed E-state index contributed by atoms with van der Waals surface area (Å²) < 4.78 is 1.91. The molecule has 84 valence electrons. The Kier molecular flexibility index (Phi) is 2.77. The van der Waals surface area contributed by atoms with Crippen LogP contribution in [0.3, 0.4) is 0 Å². The third-order valence-corrected chi connectivity index (χ3v) is 3.18. The lowest BCUT2D eigenvalue weighted by Crippen LogP contribution is -2.15.